The van der Waals surface area contributed by atoms with Crippen LogP contribution in [0, 0.1) is 5.82 Å². The highest BCUT2D eigenvalue weighted by Gasteiger charge is 2.16. The molecule has 14 heavy (non-hydrogen) atoms. The average molecular weight is 215 g/mol. The van der Waals surface area contributed by atoms with Crippen LogP contribution in [0.15, 0.2) is 12.4 Å². The highest BCUT2D eigenvalue weighted by atomic mass is 31.1. The van der Waals surface area contributed by atoms with E-state index in [1.165, 1.54) is 0 Å². The molecule has 0 bridgehead atoms. The van der Waals surface area contributed by atoms with Crippen LogP contribution in [-0.4, -0.2) is 35.4 Å². The number of halogens is 1. The predicted molar refractivity (Wildman–Crippen MR) is 52.9 cm³/mol. The molecule has 0 N–H and O–H groups in total. The number of aromatic nitrogens is 2. The lowest BCUT2D eigenvalue weighted by Crippen LogP contribution is -2.33. The van der Waals surface area contributed by atoms with Gasteiger partial charge in [0.05, 0.1) is 20.2 Å². The maximum Gasteiger partial charge on any atom is 0.225 e. The highest BCUT2D eigenvalue weighted by molar-refractivity contribution is 7.44. The predicted octanol–water partition coefficient (Wildman–Crippen LogP) is 0.995. The Labute approximate surface area is 82.0 Å². The summed E-state index contributed by atoms with van der Waals surface area (Å²) in [6.07, 6.45) is 3.73. The monoisotopic (exact) mass is 215 g/mol. The van der Waals surface area contributed by atoms with Gasteiger partial charge in [0.25, 0.3) is 0 Å². The SMILES string of the molecule is O=[PH]1CCN(c2ncc(F)cn2)CC1. The summed E-state index contributed by atoms with van der Waals surface area (Å²) in [5.41, 5.74) is 0. The summed E-state index contributed by atoms with van der Waals surface area (Å²) in [5, 5.41) is 0. The Balaban J connectivity index is 2.08. The number of anilines is 1. The van der Waals surface area contributed by atoms with Gasteiger partial charge in [0.1, 0.15) is 0 Å². The molecule has 1 aliphatic heterocycles. The van der Waals surface area contributed by atoms with Crippen molar-refractivity contribution >= 4 is 13.7 Å². The largest absolute Gasteiger partial charge is 0.340 e. The second-order valence-corrected chi connectivity index (χ2v) is 5.30. The molecule has 0 spiro atoms. The number of hydrogen-bond acceptors (Lipinski definition) is 4. The van der Waals surface area contributed by atoms with E-state index >= 15 is 0 Å². The summed E-state index contributed by atoms with van der Waals surface area (Å²) in [5.74, 6) is 0.0974. The first kappa shape index (κ1) is 9.59. The summed E-state index contributed by atoms with van der Waals surface area (Å²) in [4.78, 5) is 9.69. The van der Waals surface area contributed by atoms with Gasteiger partial charge in [0, 0.05) is 25.4 Å². The van der Waals surface area contributed by atoms with Crippen molar-refractivity contribution < 1.29 is 8.96 Å². The molecular formula is C8H11FN3OP. The fraction of sp³-hybridized carbons (Fsp3) is 0.500. The molecule has 76 valence electrons. The van der Waals surface area contributed by atoms with Crippen LogP contribution in [0.5, 0.6) is 0 Å². The fourth-order valence-electron chi connectivity index (χ4n) is 1.42. The molecule has 1 aliphatic rings. The lowest BCUT2D eigenvalue weighted by molar-refractivity contribution is 0.580. The third-order valence-electron chi connectivity index (χ3n) is 2.21. The smallest absolute Gasteiger partial charge is 0.225 e. The van der Waals surface area contributed by atoms with Crippen molar-refractivity contribution in [3.8, 4) is 0 Å². The summed E-state index contributed by atoms with van der Waals surface area (Å²) in [6.45, 7) is 1.42. The van der Waals surface area contributed by atoms with Gasteiger partial charge in [-0.1, -0.05) is 0 Å². The summed E-state index contributed by atoms with van der Waals surface area (Å²) < 4.78 is 23.7. The third kappa shape index (κ3) is 2.10. The highest BCUT2D eigenvalue weighted by Crippen LogP contribution is 2.25. The zero-order valence-corrected chi connectivity index (χ0v) is 8.61. The molecule has 0 radical (unpaired) electrons. The van der Waals surface area contributed by atoms with Crippen molar-refractivity contribution in [2.75, 3.05) is 30.3 Å². The molecule has 0 unspecified atom stereocenters. The maximum atomic E-state index is 12.5. The topological polar surface area (TPSA) is 46.1 Å². The Morgan fingerprint density at radius 1 is 1.29 bits per heavy atom. The van der Waals surface area contributed by atoms with Crippen LogP contribution in [0.2, 0.25) is 0 Å². The quantitative estimate of drug-likeness (QED) is 0.655. The number of rotatable bonds is 1. The van der Waals surface area contributed by atoms with Crippen molar-refractivity contribution in [1.82, 2.24) is 9.97 Å². The van der Waals surface area contributed by atoms with Gasteiger partial charge < -0.3 is 9.46 Å². The van der Waals surface area contributed by atoms with Crippen molar-refractivity contribution in [3.05, 3.63) is 18.2 Å². The molecule has 4 nitrogen and oxygen atoms in total. The van der Waals surface area contributed by atoms with Gasteiger partial charge in [-0.25, -0.2) is 14.4 Å². The van der Waals surface area contributed by atoms with E-state index in [1.54, 1.807) is 0 Å². The molecule has 0 aliphatic carbocycles. The van der Waals surface area contributed by atoms with Crippen molar-refractivity contribution in [2.45, 2.75) is 0 Å². The van der Waals surface area contributed by atoms with Gasteiger partial charge >= 0.3 is 0 Å². The van der Waals surface area contributed by atoms with Gasteiger partial charge in [-0.3, -0.25) is 0 Å². The molecule has 2 heterocycles. The standard InChI is InChI=1S/C8H11FN3OP/c9-7-5-10-8(11-6-7)12-1-3-14(13)4-2-12/h5-6,14H,1-4H2. The molecule has 0 atom stereocenters. The minimum atomic E-state index is -1.36. The van der Waals surface area contributed by atoms with E-state index in [-0.39, 0.29) is 0 Å². The Bertz CT molecular complexity index is 333. The van der Waals surface area contributed by atoms with Crippen molar-refractivity contribution in [1.29, 1.82) is 0 Å². The summed E-state index contributed by atoms with van der Waals surface area (Å²) in [7, 11) is -1.36. The van der Waals surface area contributed by atoms with Crippen LogP contribution in [0.1, 0.15) is 0 Å². The maximum absolute atomic E-state index is 12.5. The van der Waals surface area contributed by atoms with Gasteiger partial charge in [0.15, 0.2) is 5.82 Å². The third-order valence-corrected chi connectivity index (χ3v) is 3.77. The van der Waals surface area contributed by atoms with Crippen LogP contribution in [-0.2, 0) is 4.57 Å². The Hall–Kier alpha value is -0.960. The molecule has 1 saturated heterocycles. The molecule has 6 heteroatoms. The normalized spacial score (nSPS) is 18.5. The van der Waals surface area contributed by atoms with Crippen LogP contribution >= 0.6 is 7.80 Å². The fourth-order valence-corrected chi connectivity index (χ4v) is 2.71. The number of nitrogens with zero attached hydrogens (tertiary/aromatic N) is 3. The van der Waals surface area contributed by atoms with E-state index in [9.17, 15) is 8.96 Å². The molecule has 2 rings (SSSR count). The van der Waals surface area contributed by atoms with Crippen LogP contribution in [0.25, 0.3) is 0 Å². The van der Waals surface area contributed by atoms with Crippen molar-refractivity contribution in [3.63, 3.8) is 0 Å². The molecule has 0 aromatic carbocycles. The van der Waals surface area contributed by atoms with Gasteiger partial charge in [-0.2, -0.15) is 0 Å². The van der Waals surface area contributed by atoms with Gasteiger partial charge in [-0.05, 0) is 0 Å². The molecule has 1 aromatic heterocycles. The van der Waals surface area contributed by atoms with Gasteiger partial charge in [-0.15, -0.1) is 0 Å². The van der Waals surface area contributed by atoms with E-state index in [2.05, 4.69) is 9.97 Å². The first-order chi connectivity index (χ1) is 6.75. The molecule has 1 aromatic rings. The molecule has 1 fully saturated rings. The van der Waals surface area contributed by atoms with E-state index < -0.39 is 13.6 Å². The second-order valence-electron chi connectivity index (χ2n) is 3.23. The Kier molecular flexibility index (Phi) is 2.77. The minimum Gasteiger partial charge on any atom is -0.340 e. The second kappa shape index (κ2) is 4.05. The minimum absolute atomic E-state index is 0.431. The zero-order valence-electron chi connectivity index (χ0n) is 7.61. The van der Waals surface area contributed by atoms with E-state index in [4.69, 9.17) is 0 Å². The van der Waals surface area contributed by atoms with E-state index in [1.807, 2.05) is 4.90 Å². The molecular weight excluding hydrogens is 204 g/mol. The van der Waals surface area contributed by atoms with Gasteiger partial charge in [0.2, 0.25) is 5.95 Å². The van der Waals surface area contributed by atoms with Crippen LogP contribution in [0.3, 0.4) is 0 Å². The summed E-state index contributed by atoms with van der Waals surface area (Å²) in [6, 6.07) is 0. The van der Waals surface area contributed by atoms with Crippen molar-refractivity contribution in [2.24, 2.45) is 0 Å². The van der Waals surface area contributed by atoms with Crippen LogP contribution in [0.4, 0.5) is 10.3 Å². The number of hydrogen-bond donors (Lipinski definition) is 0. The molecule has 0 amide bonds. The first-order valence-corrected chi connectivity index (χ1v) is 6.32. The summed E-state index contributed by atoms with van der Waals surface area (Å²) >= 11 is 0. The van der Waals surface area contributed by atoms with E-state index in [0.717, 1.165) is 12.4 Å². The Morgan fingerprint density at radius 3 is 2.43 bits per heavy atom. The first-order valence-electron chi connectivity index (χ1n) is 4.50. The average Bonchev–Trinajstić information content (AvgIpc) is 2.21. The zero-order chi connectivity index (χ0) is 9.97. The van der Waals surface area contributed by atoms with Crippen LogP contribution < -0.4 is 4.90 Å². The molecule has 0 saturated carbocycles. The lowest BCUT2D eigenvalue weighted by atomic mass is 10.5. The lowest BCUT2D eigenvalue weighted by Gasteiger charge is -2.26. The van der Waals surface area contributed by atoms with E-state index in [0.29, 0.717) is 31.4 Å². The Morgan fingerprint density at radius 2 is 1.86 bits per heavy atom.